The SMILES string of the molecule is O=C(NCCCN1CCOCC1)c1cccc(N2CCCC2)n1. The van der Waals surface area contributed by atoms with E-state index in [0.717, 1.165) is 58.2 Å². The van der Waals surface area contributed by atoms with Crippen LogP contribution in [0.4, 0.5) is 5.82 Å². The highest BCUT2D eigenvalue weighted by Gasteiger charge is 2.15. The molecule has 0 aromatic carbocycles. The molecule has 0 radical (unpaired) electrons. The first-order chi connectivity index (χ1) is 11.3. The molecule has 0 bridgehead atoms. The van der Waals surface area contributed by atoms with Gasteiger partial charge in [0.1, 0.15) is 11.5 Å². The number of carbonyl (C=O) groups excluding carboxylic acids is 1. The largest absolute Gasteiger partial charge is 0.379 e. The topological polar surface area (TPSA) is 57.7 Å². The zero-order chi connectivity index (χ0) is 15.9. The summed E-state index contributed by atoms with van der Waals surface area (Å²) in [5.41, 5.74) is 0.515. The number of pyridine rings is 1. The standard InChI is InChI=1S/C17H26N4O2/c22-17(18-7-4-8-20-11-13-23-14-12-20)15-5-3-6-16(19-15)21-9-1-2-10-21/h3,5-6H,1-2,4,7-14H2,(H,18,22). The van der Waals surface area contributed by atoms with E-state index in [1.165, 1.54) is 12.8 Å². The number of hydrogen-bond acceptors (Lipinski definition) is 5. The fourth-order valence-electron chi connectivity index (χ4n) is 3.09. The summed E-state index contributed by atoms with van der Waals surface area (Å²) in [4.78, 5) is 21.4. The van der Waals surface area contributed by atoms with E-state index in [4.69, 9.17) is 4.74 Å². The quantitative estimate of drug-likeness (QED) is 0.797. The Bertz CT molecular complexity index is 511. The lowest BCUT2D eigenvalue weighted by molar-refractivity contribution is 0.0374. The molecule has 0 spiro atoms. The number of ether oxygens (including phenoxy) is 1. The Kier molecular flexibility index (Phi) is 5.82. The maximum absolute atomic E-state index is 12.2. The number of aromatic nitrogens is 1. The predicted octanol–water partition coefficient (Wildman–Crippen LogP) is 1.13. The molecule has 2 aliphatic rings. The minimum atomic E-state index is -0.0759. The normalized spacial score (nSPS) is 19.0. The number of nitrogens with one attached hydrogen (secondary N) is 1. The molecule has 126 valence electrons. The molecule has 3 rings (SSSR count). The van der Waals surface area contributed by atoms with Crippen LogP contribution in [-0.2, 0) is 4.74 Å². The number of morpholine rings is 1. The van der Waals surface area contributed by atoms with Crippen LogP contribution in [0.1, 0.15) is 29.8 Å². The Balaban J connectivity index is 1.43. The predicted molar refractivity (Wildman–Crippen MR) is 89.9 cm³/mol. The lowest BCUT2D eigenvalue weighted by atomic mass is 10.3. The lowest BCUT2D eigenvalue weighted by Crippen LogP contribution is -2.38. The maximum Gasteiger partial charge on any atom is 0.269 e. The van der Waals surface area contributed by atoms with Gasteiger partial charge in [-0.25, -0.2) is 4.98 Å². The van der Waals surface area contributed by atoms with Crippen LogP contribution >= 0.6 is 0 Å². The molecule has 3 heterocycles. The Labute approximate surface area is 137 Å². The van der Waals surface area contributed by atoms with Crippen LogP contribution in [0.3, 0.4) is 0 Å². The van der Waals surface area contributed by atoms with E-state index in [-0.39, 0.29) is 5.91 Å². The van der Waals surface area contributed by atoms with Gasteiger partial charge >= 0.3 is 0 Å². The maximum atomic E-state index is 12.2. The average molecular weight is 318 g/mol. The Morgan fingerprint density at radius 1 is 1.17 bits per heavy atom. The summed E-state index contributed by atoms with van der Waals surface area (Å²) >= 11 is 0. The first kappa shape index (κ1) is 16.2. The first-order valence-electron chi connectivity index (χ1n) is 8.63. The second-order valence-electron chi connectivity index (χ2n) is 6.14. The molecule has 6 heteroatoms. The van der Waals surface area contributed by atoms with Gasteiger partial charge in [0.15, 0.2) is 0 Å². The first-order valence-corrected chi connectivity index (χ1v) is 8.63. The van der Waals surface area contributed by atoms with Crippen molar-refractivity contribution in [2.45, 2.75) is 19.3 Å². The Morgan fingerprint density at radius 3 is 2.74 bits per heavy atom. The highest BCUT2D eigenvalue weighted by atomic mass is 16.5. The number of rotatable bonds is 6. The van der Waals surface area contributed by atoms with E-state index in [2.05, 4.69) is 20.1 Å². The van der Waals surface area contributed by atoms with E-state index in [0.29, 0.717) is 12.2 Å². The average Bonchev–Trinajstić information content (AvgIpc) is 3.14. The van der Waals surface area contributed by atoms with E-state index in [9.17, 15) is 4.79 Å². The second-order valence-corrected chi connectivity index (χ2v) is 6.14. The Morgan fingerprint density at radius 2 is 1.96 bits per heavy atom. The second kappa shape index (κ2) is 8.26. The summed E-state index contributed by atoms with van der Waals surface area (Å²) in [7, 11) is 0. The van der Waals surface area contributed by atoms with Gasteiger partial charge in [0, 0.05) is 32.7 Å². The van der Waals surface area contributed by atoms with Crippen molar-refractivity contribution in [3.8, 4) is 0 Å². The fourth-order valence-corrected chi connectivity index (χ4v) is 3.09. The van der Waals surface area contributed by atoms with Gasteiger partial charge in [-0.05, 0) is 37.9 Å². The van der Waals surface area contributed by atoms with E-state index in [1.807, 2.05) is 12.1 Å². The minimum absolute atomic E-state index is 0.0759. The molecule has 6 nitrogen and oxygen atoms in total. The van der Waals surface area contributed by atoms with Gasteiger partial charge in [-0.2, -0.15) is 0 Å². The smallest absolute Gasteiger partial charge is 0.269 e. The highest BCUT2D eigenvalue weighted by Crippen LogP contribution is 2.17. The molecular formula is C17H26N4O2. The molecule has 2 fully saturated rings. The van der Waals surface area contributed by atoms with Gasteiger partial charge in [0.25, 0.3) is 5.91 Å². The van der Waals surface area contributed by atoms with Crippen molar-refractivity contribution in [3.05, 3.63) is 23.9 Å². The summed E-state index contributed by atoms with van der Waals surface area (Å²) in [5, 5.41) is 2.98. The molecule has 2 aliphatic heterocycles. The van der Waals surface area contributed by atoms with Gasteiger partial charge in [0.05, 0.1) is 13.2 Å². The van der Waals surface area contributed by atoms with Crippen molar-refractivity contribution in [1.82, 2.24) is 15.2 Å². The third kappa shape index (κ3) is 4.65. The summed E-state index contributed by atoms with van der Waals surface area (Å²) in [6.07, 6.45) is 3.37. The summed E-state index contributed by atoms with van der Waals surface area (Å²) in [6, 6.07) is 5.70. The number of hydrogen-bond donors (Lipinski definition) is 1. The molecule has 1 amide bonds. The monoisotopic (exact) mass is 318 g/mol. The molecule has 0 saturated carbocycles. The molecule has 0 aliphatic carbocycles. The van der Waals surface area contributed by atoms with Gasteiger partial charge in [-0.1, -0.05) is 6.07 Å². The van der Waals surface area contributed by atoms with E-state index >= 15 is 0 Å². The van der Waals surface area contributed by atoms with E-state index in [1.54, 1.807) is 6.07 Å². The molecule has 1 N–H and O–H groups in total. The summed E-state index contributed by atoms with van der Waals surface area (Å²) < 4.78 is 5.33. The fraction of sp³-hybridized carbons (Fsp3) is 0.647. The van der Waals surface area contributed by atoms with Gasteiger partial charge < -0.3 is 15.0 Å². The van der Waals surface area contributed by atoms with Crippen LogP contribution in [-0.4, -0.2) is 68.3 Å². The summed E-state index contributed by atoms with van der Waals surface area (Å²) in [5.74, 6) is 0.844. The minimum Gasteiger partial charge on any atom is -0.379 e. The number of nitrogens with zero attached hydrogens (tertiary/aromatic N) is 3. The molecule has 0 unspecified atom stereocenters. The highest BCUT2D eigenvalue weighted by molar-refractivity contribution is 5.92. The van der Waals surface area contributed by atoms with Crippen molar-refractivity contribution in [2.24, 2.45) is 0 Å². The van der Waals surface area contributed by atoms with Crippen molar-refractivity contribution in [1.29, 1.82) is 0 Å². The van der Waals surface area contributed by atoms with Gasteiger partial charge in [0.2, 0.25) is 0 Å². The lowest BCUT2D eigenvalue weighted by Gasteiger charge is -2.26. The van der Waals surface area contributed by atoms with Crippen molar-refractivity contribution in [2.75, 3.05) is 57.4 Å². The Hall–Kier alpha value is -1.66. The van der Waals surface area contributed by atoms with Crippen molar-refractivity contribution < 1.29 is 9.53 Å². The van der Waals surface area contributed by atoms with Gasteiger partial charge in [-0.15, -0.1) is 0 Å². The van der Waals surface area contributed by atoms with Crippen LogP contribution in [0.15, 0.2) is 18.2 Å². The van der Waals surface area contributed by atoms with Crippen LogP contribution in [0.2, 0.25) is 0 Å². The molecule has 1 aromatic heterocycles. The van der Waals surface area contributed by atoms with Gasteiger partial charge in [-0.3, -0.25) is 9.69 Å². The van der Waals surface area contributed by atoms with Crippen molar-refractivity contribution in [3.63, 3.8) is 0 Å². The number of amides is 1. The molecule has 23 heavy (non-hydrogen) atoms. The van der Waals surface area contributed by atoms with Crippen molar-refractivity contribution >= 4 is 11.7 Å². The van der Waals surface area contributed by atoms with E-state index < -0.39 is 0 Å². The summed E-state index contributed by atoms with van der Waals surface area (Å²) in [6.45, 7) is 7.39. The number of anilines is 1. The molecular weight excluding hydrogens is 292 g/mol. The van der Waals surface area contributed by atoms with Crippen LogP contribution in [0.5, 0.6) is 0 Å². The van der Waals surface area contributed by atoms with Crippen LogP contribution in [0.25, 0.3) is 0 Å². The zero-order valence-corrected chi connectivity index (χ0v) is 13.7. The zero-order valence-electron chi connectivity index (χ0n) is 13.7. The third-order valence-electron chi connectivity index (χ3n) is 4.44. The molecule has 2 saturated heterocycles. The number of carbonyl (C=O) groups is 1. The van der Waals surface area contributed by atoms with Crippen LogP contribution in [0, 0.1) is 0 Å². The molecule has 1 aromatic rings. The molecule has 0 atom stereocenters. The van der Waals surface area contributed by atoms with Crippen LogP contribution < -0.4 is 10.2 Å². The third-order valence-corrected chi connectivity index (χ3v) is 4.44.